The third-order valence-corrected chi connectivity index (χ3v) is 4.70. The lowest BCUT2D eigenvalue weighted by Crippen LogP contribution is -2.27. The third kappa shape index (κ3) is 3.44. The zero-order valence-electron chi connectivity index (χ0n) is 12.4. The van der Waals surface area contributed by atoms with Crippen molar-refractivity contribution < 1.29 is 9.59 Å². The van der Waals surface area contributed by atoms with E-state index >= 15 is 0 Å². The molecule has 1 atom stereocenters. The fourth-order valence-electron chi connectivity index (χ4n) is 2.69. The van der Waals surface area contributed by atoms with Crippen LogP contribution in [0.1, 0.15) is 18.9 Å². The van der Waals surface area contributed by atoms with Gasteiger partial charge in [-0.15, -0.1) is 0 Å². The van der Waals surface area contributed by atoms with E-state index in [2.05, 4.69) is 9.97 Å². The van der Waals surface area contributed by atoms with Crippen LogP contribution in [-0.4, -0.2) is 44.2 Å². The minimum Gasteiger partial charge on any atom is -0.341 e. The molecule has 6 heteroatoms. The molecule has 1 fully saturated rings. The lowest BCUT2D eigenvalue weighted by molar-refractivity contribution is -0.127. The van der Waals surface area contributed by atoms with Gasteiger partial charge in [-0.05, 0) is 24.1 Å². The largest absolute Gasteiger partial charge is 0.341 e. The lowest BCUT2D eigenvalue weighted by atomic mass is 10.1. The number of aromatic nitrogens is 2. The van der Waals surface area contributed by atoms with Crippen LogP contribution >= 0.6 is 11.8 Å². The maximum absolute atomic E-state index is 12.0. The highest BCUT2D eigenvalue weighted by molar-refractivity contribution is 8.14. The molecule has 0 N–H and O–H groups in total. The van der Waals surface area contributed by atoms with E-state index in [1.807, 2.05) is 23.1 Å². The van der Waals surface area contributed by atoms with E-state index in [0.717, 1.165) is 23.0 Å². The number of hydrogen-bond donors (Lipinski definition) is 0. The van der Waals surface area contributed by atoms with Crippen LogP contribution in [0.2, 0.25) is 0 Å². The summed E-state index contributed by atoms with van der Waals surface area (Å²) >= 11 is 1.27. The van der Waals surface area contributed by atoms with Crippen molar-refractivity contribution in [1.29, 1.82) is 0 Å². The molecular weight excluding hydrogens is 298 g/mol. The second kappa shape index (κ2) is 6.44. The van der Waals surface area contributed by atoms with Crippen molar-refractivity contribution in [2.45, 2.75) is 25.0 Å². The Labute approximate surface area is 133 Å². The average Bonchev–Trinajstić information content (AvgIpc) is 2.84. The summed E-state index contributed by atoms with van der Waals surface area (Å²) in [4.78, 5) is 33.5. The van der Waals surface area contributed by atoms with Gasteiger partial charge in [0, 0.05) is 44.1 Å². The Kier molecular flexibility index (Phi) is 4.38. The van der Waals surface area contributed by atoms with Gasteiger partial charge in [0.1, 0.15) is 0 Å². The van der Waals surface area contributed by atoms with Crippen LogP contribution in [0.15, 0.2) is 30.6 Å². The van der Waals surface area contributed by atoms with Gasteiger partial charge in [0.25, 0.3) is 0 Å². The van der Waals surface area contributed by atoms with Crippen LogP contribution in [-0.2, 0) is 16.0 Å². The lowest BCUT2D eigenvalue weighted by Gasteiger charge is -2.16. The molecule has 0 bridgehead atoms. The molecule has 0 radical (unpaired) electrons. The van der Waals surface area contributed by atoms with Gasteiger partial charge < -0.3 is 4.90 Å². The van der Waals surface area contributed by atoms with E-state index in [9.17, 15) is 9.59 Å². The number of thioether (sulfide) groups is 1. The van der Waals surface area contributed by atoms with E-state index in [1.165, 1.54) is 11.8 Å². The molecule has 2 heterocycles. The molecule has 5 nitrogen and oxygen atoms in total. The summed E-state index contributed by atoms with van der Waals surface area (Å²) in [7, 11) is 0. The number of carbonyl (C=O) groups is 2. The van der Waals surface area contributed by atoms with Gasteiger partial charge in [0.15, 0.2) is 5.12 Å². The Hall–Kier alpha value is -1.95. The number of benzene rings is 1. The highest BCUT2D eigenvalue weighted by atomic mass is 32.2. The third-order valence-electron chi connectivity index (χ3n) is 3.72. The molecule has 3 rings (SSSR count). The molecule has 1 aliphatic heterocycles. The van der Waals surface area contributed by atoms with Crippen LogP contribution in [0, 0.1) is 0 Å². The maximum atomic E-state index is 12.0. The first-order valence-corrected chi connectivity index (χ1v) is 8.14. The van der Waals surface area contributed by atoms with Gasteiger partial charge in [0.05, 0.1) is 11.0 Å². The normalized spacial score (nSPS) is 18.1. The van der Waals surface area contributed by atoms with E-state index < -0.39 is 0 Å². The van der Waals surface area contributed by atoms with Crippen LogP contribution in [0.25, 0.3) is 11.0 Å². The van der Waals surface area contributed by atoms with E-state index in [-0.39, 0.29) is 16.3 Å². The number of amides is 1. The van der Waals surface area contributed by atoms with Crippen LogP contribution in [0.4, 0.5) is 0 Å². The standard InChI is InChI=1S/C16H17N3O2S/c1-11(20)22-13-9-16(21)19(10-13)7-4-12-2-3-14-15(8-12)18-6-5-17-14/h2-3,5-6,8,13H,4,7,9-10H2,1H3. The summed E-state index contributed by atoms with van der Waals surface area (Å²) in [5.41, 5.74) is 2.89. The zero-order chi connectivity index (χ0) is 15.5. The van der Waals surface area contributed by atoms with Crippen molar-refractivity contribution in [3.05, 3.63) is 36.2 Å². The monoisotopic (exact) mass is 315 g/mol. The summed E-state index contributed by atoms with van der Waals surface area (Å²) in [6, 6.07) is 6.00. The Balaban J connectivity index is 1.61. The topological polar surface area (TPSA) is 63.2 Å². The molecule has 1 aromatic carbocycles. The Bertz CT molecular complexity index is 719. The fourth-order valence-corrected chi connectivity index (χ4v) is 3.64. The predicted octanol–water partition coefficient (Wildman–Crippen LogP) is 2.05. The zero-order valence-corrected chi connectivity index (χ0v) is 13.2. The first kappa shape index (κ1) is 15.0. The van der Waals surface area contributed by atoms with Crippen LogP contribution in [0.3, 0.4) is 0 Å². The number of carbonyl (C=O) groups excluding carboxylic acids is 2. The molecule has 0 aliphatic carbocycles. The minimum absolute atomic E-state index is 0.0766. The summed E-state index contributed by atoms with van der Waals surface area (Å²) in [5.74, 6) is 0.138. The van der Waals surface area contributed by atoms with Gasteiger partial charge in [0.2, 0.25) is 5.91 Å². The highest BCUT2D eigenvalue weighted by Gasteiger charge is 2.30. The number of nitrogens with zero attached hydrogens (tertiary/aromatic N) is 3. The van der Waals surface area contributed by atoms with Gasteiger partial charge in [-0.1, -0.05) is 17.8 Å². The van der Waals surface area contributed by atoms with Gasteiger partial charge in [-0.3, -0.25) is 19.6 Å². The molecular formula is C16H17N3O2S. The number of hydrogen-bond acceptors (Lipinski definition) is 5. The Morgan fingerprint density at radius 1 is 1.32 bits per heavy atom. The SMILES string of the molecule is CC(=O)SC1CC(=O)N(CCc2ccc3nccnc3c2)C1. The van der Waals surface area contributed by atoms with Crippen molar-refractivity contribution in [2.24, 2.45) is 0 Å². The summed E-state index contributed by atoms with van der Waals surface area (Å²) in [5, 5.41) is 0.181. The van der Waals surface area contributed by atoms with Crippen molar-refractivity contribution in [2.75, 3.05) is 13.1 Å². The molecule has 2 aromatic rings. The van der Waals surface area contributed by atoms with Gasteiger partial charge >= 0.3 is 0 Å². The van der Waals surface area contributed by atoms with Crippen LogP contribution < -0.4 is 0 Å². The second-order valence-corrected chi connectivity index (χ2v) is 6.88. The Morgan fingerprint density at radius 2 is 2.09 bits per heavy atom. The number of likely N-dealkylation sites (tertiary alicyclic amines) is 1. The van der Waals surface area contributed by atoms with Crippen molar-refractivity contribution in [1.82, 2.24) is 14.9 Å². The molecule has 1 aromatic heterocycles. The quantitative estimate of drug-likeness (QED) is 0.864. The molecule has 1 unspecified atom stereocenters. The Morgan fingerprint density at radius 3 is 2.86 bits per heavy atom. The van der Waals surface area contributed by atoms with Crippen molar-refractivity contribution in [3.63, 3.8) is 0 Å². The fraction of sp³-hybridized carbons (Fsp3) is 0.375. The predicted molar refractivity (Wildman–Crippen MR) is 86.5 cm³/mol. The molecule has 1 aliphatic rings. The van der Waals surface area contributed by atoms with E-state index in [0.29, 0.717) is 19.5 Å². The second-order valence-electron chi connectivity index (χ2n) is 5.40. The van der Waals surface area contributed by atoms with Gasteiger partial charge in [-0.25, -0.2) is 0 Å². The van der Waals surface area contributed by atoms with E-state index in [4.69, 9.17) is 0 Å². The number of rotatable bonds is 4. The first-order valence-electron chi connectivity index (χ1n) is 7.26. The van der Waals surface area contributed by atoms with Crippen LogP contribution in [0.5, 0.6) is 0 Å². The smallest absolute Gasteiger partial charge is 0.223 e. The molecule has 1 saturated heterocycles. The molecule has 0 spiro atoms. The highest BCUT2D eigenvalue weighted by Crippen LogP contribution is 2.24. The molecule has 0 saturated carbocycles. The summed E-state index contributed by atoms with van der Waals surface area (Å²) in [6.07, 6.45) is 4.61. The van der Waals surface area contributed by atoms with Crippen molar-refractivity contribution in [3.8, 4) is 0 Å². The average molecular weight is 315 g/mol. The summed E-state index contributed by atoms with van der Waals surface area (Å²) in [6.45, 7) is 2.89. The molecule has 22 heavy (non-hydrogen) atoms. The van der Waals surface area contributed by atoms with E-state index in [1.54, 1.807) is 19.3 Å². The van der Waals surface area contributed by atoms with Crippen molar-refractivity contribution >= 4 is 33.8 Å². The first-order chi connectivity index (χ1) is 10.6. The number of fused-ring (bicyclic) bond motifs is 1. The molecule has 114 valence electrons. The molecule has 1 amide bonds. The summed E-state index contributed by atoms with van der Waals surface area (Å²) < 4.78 is 0. The van der Waals surface area contributed by atoms with Gasteiger partial charge in [-0.2, -0.15) is 0 Å². The minimum atomic E-state index is 0.0766. The maximum Gasteiger partial charge on any atom is 0.223 e.